The molecule has 1 rings (SSSR count). The minimum absolute atomic E-state index is 0.0208. The third kappa shape index (κ3) is 5.66. The molecule has 0 saturated heterocycles. The van der Waals surface area contributed by atoms with Gasteiger partial charge in [0.1, 0.15) is 11.6 Å². The van der Waals surface area contributed by atoms with Crippen LogP contribution in [0.1, 0.15) is 31.8 Å². The van der Waals surface area contributed by atoms with Crippen LogP contribution < -0.4 is 5.32 Å². The Morgan fingerprint density at radius 2 is 2.21 bits per heavy atom. The van der Waals surface area contributed by atoms with Crippen molar-refractivity contribution in [3.05, 3.63) is 17.6 Å². The monoisotopic (exact) mass is 261 g/mol. The van der Waals surface area contributed by atoms with Gasteiger partial charge < -0.3 is 5.32 Å². The van der Waals surface area contributed by atoms with Gasteiger partial charge in [-0.3, -0.25) is 4.90 Å². The highest BCUT2D eigenvalue weighted by Gasteiger charge is 2.09. The fraction of sp³-hybridized carbons (Fsp3) is 0.643. The van der Waals surface area contributed by atoms with Crippen LogP contribution in [0.15, 0.2) is 6.07 Å². The summed E-state index contributed by atoms with van der Waals surface area (Å²) in [6.45, 7) is 8.32. The zero-order valence-electron chi connectivity index (χ0n) is 12.3. The average molecular weight is 261 g/mol. The summed E-state index contributed by atoms with van der Waals surface area (Å²) in [7, 11) is 1.98. The van der Waals surface area contributed by atoms with Gasteiger partial charge in [0.25, 0.3) is 0 Å². The van der Waals surface area contributed by atoms with Gasteiger partial charge in [-0.05, 0) is 27.3 Å². The quantitative estimate of drug-likeness (QED) is 0.815. The highest BCUT2D eigenvalue weighted by atomic mass is 15.1. The first-order valence-electron chi connectivity index (χ1n) is 6.71. The third-order valence-corrected chi connectivity index (χ3v) is 2.67. The standard InChI is InChI=1S/C14H23N5/c1-5-6-16-13-7-12(3)17-14(18-13)10-19(4)9-11(2)8-15/h7,11H,5-6,9-10H2,1-4H3,(H,16,17,18). The summed E-state index contributed by atoms with van der Waals surface area (Å²) in [6.07, 6.45) is 1.07. The van der Waals surface area contributed by atoms with Crippen LogP contribution in [-0.4, -0.2) is 35.0 Å². The van der Waals surface area contributed by atoms with Gasteiger partial charge in [-0.1, -0.05) is 6.92 Å². The number of aromatic nitrogens is 2. The van der Waals surface area contributed by atoms with Gasteiger partial charge >= 0.3 is 0 Å². The maximum absolute atomic E-state index is 8.82. The lowest BCUT2D eigenvalue weighted by Crippen LogP contribution is -2.24. The molecule has 1 atom stereocenters. The largest absolute Gasteiger partial charge is 0.370 e. The van der Waals surface area contributed by atoms with E-state index in [1.807, 2.05) is 27.0 Å². The molecule has 1 unspecified atom stereocenters. The highest BCUT2D eigenvalue weighted by molar-refractivity contribution is 5.35. The van der Waals surface area contributed by atoms with Crippen molar-refractivity contribution in [3.63, 3.8) is 0 Å². The molecule has 0 amide bonds. The zero-order chi connectivity index (χ0) is 14.3. The molecule has 104 valence electrons. The lowest BCUT2D eigenvalue weighted by molar-refractivity contribution is 0.296. The number of nitrogens with zero attached hydrogens (tertiary/aromatic N) is 4. The van der Waals surface area contributed by atoms with Crippen molar-refractivity contribution in [2.24, 2.45) is 5.92 Å². The van der Waals surface area contributed by atoms with Crippen molar-refractivity contribution in [2.75, 3.05) is 25.5 Å². The number of nitrogens with one attached hydrogen (secondary N) is 1. The molecule has 1 aromatic heterocycles. The van der Waals surface area contributed by atoms with E-state index in [-0.39, 0.29) is 5.92 Å². The van der Waals surface area contributed by atoms with Crippen molar-refractivity contribution in [3.8, 4) is 6.07 Å². The second-order valence-corrected chi connectivity index (χ2v) is 4.96. The van der Waals surface area contributed by atoms with E-state index in [2.05, 4.69) is 33.2 Å². The van der Waals surface area contributed by atoms with Gasteiger partial charge in [0.15, 0.2) is 0 Å². The van der Waals surface area contributed by atoms with Crippen LogP contribution in [0.5, 0.6) is 0 Å². The number of anilines is 1. The van der Waals surface area contributed by atoms with E-state index in [1.54, 1.807) is 0 Å². The molecule has 0 bridgehead atoms. The Bertz CT molecular complexity index is 438. The molecule has 0 aromatic carbocycles. The lowest BCUT2D eigenvalue weighted by Gasteiger charge is -2.17. The molecule has 0 aliphatic heterocycles. The summed E-state index contributed by atoms with van der Waals surface area (Å²) < 4.78 is 0. The number of rotatable bonds is 7. The average Bonchev–Trinajstić information content (AvgIpc) is 2.35. The van der Waals surface area contributed by atoms with Gasteiger partial charge in [-0.2, -0.15) is 5.26 Å². The van der Waals surface area contributed by atoms with Crippen molar-refractivity contribution in [1.82, 2.24) is 14.9 Å². The Hall–Kier alpha value is -1.67. The summed E-state index contributed by atoms with van der Waals surface area (Å²) in [5.41, 5.74) is 0.963. The van der Waals surface area contributed by atoms with E-state index >= 15 is 0 Å². The summed E-state index contributed by atoms with van der Waals surface area (Å²) in [5, 5.41) is 12.1. The normalized spacial score (nSPS) is 12.2. The van der Waals surface area contributed by atoms with Crippen LogP contribution in [0.4, 0.5) is 5.82 Å². The molecule has 5 nitrogen and oxygen atoms in total. The van der Waals surface area contributed by atoms with Crippen LogP contribution >= 0.6 is 0 Å². The van der Waals surface area contributed by atoms with Crippen LogP contribution in [0.25, 0.3) is 0 Å². The molecule has 5 heteroatoms. The predicted octanol–water partition coefficient (Wildman–Crippen LogP) is 2.20. The maximum atomic E-state index is 8.82. The van der Waals surface area contributed by atoms with Crippen molar-refractivity contribution in [1.29, 1.82) is 5.26 Å². The van der Waals surface area contributed by atoms with E-state index in [9.17, 15) is 0 Å². The van der Waals surface area contributed by atoms with Gasteiger partial charge in [0, 0.05) is 24.8 Å². The van der Waals surface area contributed by atoms with E-state index in [0.29, 0.717) is 6.54 Å². The molecule has 1 N–H and O–H groups in total. The minimum Gasteiger partial charge on any atom is -0.370 e. The predicted molar refractivity (Wildman–Crippen MR) is 76.7 cm³/mol. The van der Waals surface area contributed by atoms with Crippen molar-refractivity contribution < 1.29 is 0 Å². The lowest BCUT2D eigenvalue weighted by atomic mass is 10.2. The molecular formula is C14H23N5. The first-order valence-corrected chi connectivity index (χ1v) is 6.71. The Labute approximate surface area is 115 Å². The summed E-state index contributed by atoms with van der Waals surface area (Å²) in [5.74, 6) is 1.70. The molecule has 0 fully saturated rings. The smallest absolute Gasteiger partial charge is 0.144 e. The zero-order valence-corrected chi connectivity index (χ0v) is 12.3. The molecule has 19 heavy (non-hydrogen) atoms. The van der Waals surface area contributed by atoms with Crippen molar-refractivity contribution in [2.45, 2.75) is 33.7 Å². The summed E-state index contributed by atoms with van der Waals surface area (Å²) >= 11 is 0. The minimum atomic E-state index is 0.0208. The Morgan fingerprint density at radius 1 is 1.47 bits per heavy atom. The van der Waals surface area contributed by atoms with E-state index in [1.165, 1.54) is 0 Å². The summed E-state index contributed by atoms with van der Waals surface area (Å²) in [6, 6.07) is 4.19. The molecule has 0 aliphatic carbocycles. The first-order chi connectivity index (χ1) is 9.05. The number of aryl methyl sites for hydroxylation is 1. The Kier molecular flexibility index (Phi) is 6.23. The van der Waals surface area contributed by atoms with Crippen molar-refractivity contribution >= 4 is 5.82 Å². The summed E-state index contributed by atoms with van der Waals surface area (Å²) in [4.78, 5) is 11.0. The molecule has 1 aromatic rings. The van der Waals surface area contributed by atoms with Crippen LogP contribution in [0.3, 0.4) is 0 Å². The molecule has 0 radical (unpaired) electrons. The SMILES string of the molecule is CCCNc1cc(C)nc(CN(C)CC(C)C#N)n1. The highest BCUT2D eigenvalue weighted by Crippen LogP contribution is 2.08. The molecule has 0 aliphatic rings. The molecular weight excluding hydrogens is 238 g/mol. The number of nitriles is 1. The molecule has 0 spiro atoms. The van der Waals surface area contributed by atoms with Crippen LogP contribution in [0.2, 0.25) is 0 Å². The van der Waals surface area contributed by atoms with Crippen LogP contribution in [0, 0.1) is 24.2 Å². The maximum Gasteiger partial charge on any atom is 0.144 e. The van der Waals surface area contributed by atoms with Crippen LogP contribution in [-0.2, 0) is 6.54 Å². The number of hydrogen-bond acceptors (Lipinski definition) is 5. The fourth-order valence-corrected chi connectivity index (χ4v) is 1.86. The Balaban J connectivity index is 2.67. The van der Waals surface area contributed by atoms with Gasteiger partial charge in [0.2, 0.25) is 0 Å². The Morgan fingerprint density at radius 3 is 2.84 bits per heavy atom. The molecule has 1 heterocycles. The third-order valence-electron chi connectivity index (χ3n) is 2.67. The first kappa shape index (κ1) is 15.4. The van der Waals surface area contributed by atoms with Gasteiger partial charge in [0.05, 0.1) is 18.5 Å². The second kappa shape index (κ2) is 7.70. The van der Waals surface area contributed by atoms with E-state index < -0.39 is 0 Å². The fourth-order valence-electron chi connectivity index (χ4n) is 1.86. The van der Waals surface area contributed by atoms with Gasteiger partial charge in [-0.25, -0.2) is 9.97 Å². The second-order valence-electron chi connectivity index (χ2n) is 4.96. The molecule has 0 saturated carbocycles. The number of hydrogen-bond donors (Lipinski definition) is 1. The van der Waals surface area contributed by atoms with E-state index in [4.69, 9.17) is 5.26 Å². The van der Waals surface area contributed by atoms with E-state index in [0.717, 1.165) is 36.8 Å². The van der Waals surface area contributed by atoms with Gasteiger partial charge in [-0.15, -0.1) is 0 Å². The topological polar surface area (TPSA) is 64.8 Å².